The molecule has 1 aromatic heterocycles. The molecule has 0 saturated heterocycles. The van der Waals surface area contributed by atoms with Crippen LogP contribution in [0.15, 0.2) is 66.9 Å². The van der Waals surface area contributed by atoms with Gasteiger partial charge in [0.25, 0.3) is 0 Å². The summed E-state index contributed by atoms with van der Waals surface area (Å²) in [5.74, 6) is -0.327. The number of hydrogen-bond acceptors (Lipinski definition) is 6. The van der Waals surface area contributed by atoms with Crippen LogP contribution in [0, 0.1) is 48.4 Å². The highest BCUT2D eigenvalue weighted by atomic mass is 32.2. The van der Waals surface area contributed by atoms with E-state index in [1.54, 1.807) is 18.0 Å². The molecule has 3 aromatic rings. The smallest absolute Gasteiger partial charge is 0.243 e. The quantitative estimate of drug-likeness (QED) is 0.0745. The minimum atomic E-state index is -0.703. The molecule has 62 heavy (non-hydrogen) atoms. The van der Waals surface area contributed by atoms with E-state index in [-0.39, 0.29) is 70.6 Å². The fourth-order valence-corrected chi connectivity index (χ4v) is 9.36. The Morgan fingerprint density at radius 3 is 2.05 bits per heavy atom. The van der Waals surface area contributed by atoms with Gasteiger partial charge in [-0.3, -0.25) is 24.2 Å². The molecule has 4 amide bonds. The summed E-state index contributed by atoms with van der Waals surface area (Å²) < 4.78 is -0.0230. The lowest BCUT2D eigenvalue weighted by Crippen LogP contribution is -2.54. The summed E-state index contributed by atoms with van der Waals surface area (Å²) in [6, 6.07) is 18.6. The third kappa shape index (κ3) is 17.1. The van der Waals surface area contributed by atoms with Crippen LogP contribution in [-0.2, 0) is 32.1 Å². The molecule has 2 aromatic carbocycles. The highest BCUT2D eigenvalue weighted by Crippen LogP contribution is 2.31. The van der Waals surface area contributed by atoms with E-state index in [4.69, 9.17) is 0 Å². The zero-order chi connectivity index (χ0) is 45.8. The van der Waals surface area contributed by atoms with Crippen LogP contribution in [-0.4, -0.2) is 57.2 Å². The standard InChI is InChI=1S/C50H75N5O4S.C2H2/c1-10-35(6)45(48(58)52-31-41-24-16-17-28-51-41)55-47(57)42(33(2)3)27-26-40(29-36-19-12-11-13-20-36)53-49(59)44(34(4)5)54-46(56)39(32-60-50(7,8)9)30-38-23-18-22-37-21-14-15-25-43(37)38;1-2/h14-18,21-25,28,33-36,39-40,42,44-45H,10-13,19-20,26-27,29-32H2,1-9H3,(H,52,58)(H,53,59)(H,54,56)(H,55,57);1-2H/t35-,39-,40?,42?,44+,45?;/m1./s1. The average Bonchev–Trinajstić information content (AvgIpc) is 3.25. The number of benzene rings is 2. The number of nitrogens with one attached hydrogen (secondary N) is 4. The fraction of sp³-hybridized carbons (Fsp3) is 0.596. The summed E-state index contributed by atoms with van der Waals surface area (Å²) >= 11 is 1.77. The Kier molecular flexibility index (Phi) is 22.1. The molecule has 0 spiro atoms. The van der Waals surface area contributed by atoms with Crippen LogP contribution < -0.4 is 21.3 Å². The molecule has 4 rings (SSSR count). The number of amides is 4. The first-order valence-electron chi connectivity index (χ1n) is 23.1. The van der Waals surface area contributed by atoms with Gasteiger partial charge in [-0.2, -0.15) is 11.8 Å². The molecule has 4 N–H and O–H groups in total. The Hall–Kier alpha value is -4.36. The maximum atomic E-state index is 14.4. The Morgan fingerprint density at radius 1 is 0.758 bits per heavy atom. The predicted molar refractivity (Wildman–Crippen MR) is 258 cm³/mol. The van der Waals surface area contributed by atoms with Gasteiger partial charge >= 0.3 is 0 Å². The second kappa shape index (κ2) is 26.3. The second-order valence-electron chi connectivity index (χ2n) is 19.0. The van der Waals surface area contributed by atoms with E-state index >= 15 is 0 Å². The number of carbonyl (C=O) groups is 4. The van der Waals surface area contributed by atoms with Crippen molar-refractivity contribution in [3.8, 4) is 12.8 Å². The molecular formula is C52H77N5O4S. The molecule has 6 atom stereocenters. The van der Waals surface area contributed by atoms with Crippen LogP contribution >= 0.6 is 11.8 Å². The van der Waals surface area contributed by atoms with Crippen molar-refractivity contribution >= 4 is 46.2 Å². The van der Waals surface area contributed by atoms with Crippen LogP contribution in [0.2, 0.25) is 0 Å². The van der Waals surface area contributed by atoms with Gasteiger partial charge in [0.05, 0.1) is 18.2 Å². The number of aromatic nitrogens is 1. The topological polar surface area (TPSA) is 129 Å². The molecule has 0 bridgehead atoms. The molecule has 340 valence electrons. The maximum absolute atomic E-state index is 14.4. The summed E-state index contributed by atoms with van der Waals surface area (Å²) in [4.78, 5) is 60.6. The predicted octanol–water partition coefficient (Wildman–Crippen LogP) is 9.67. The summed E-state index contributed by atoms with van der Waals surface area (Å²) in [5.41, 5.74) is 1.89. The Balaban J connectivity index is 0.00000504. The molecular weight excluding hydrogens is 791 g/mol. The molecule has 1 aliphatic rings. The minimum Gasteiger partial charge on any atom is -0.352 e. The van der Waals surface area contributed by atoms with E-state index in [9.17, 15) is 19.2 Å². The summed E-state index contributed by atoms with van der Waals surface area (Å²) in [6.45, 7) is 18.9. The zero-order valence-corrected chi connectivity index (χ0v) is 40.0. The maximum Gasteiger partial charge on any atom is 0.243 e. The van der Waals surface area contributed by atoms with Gasteiger partial charge in [0.15, 0.2) is 0 Å². The Bertz CT molecular complexity index is 1850. The third-order valence-electron chi connectivity index (χ3n) is 12.3. The van der Waals surface area contributed by atoms with Gasteiger partial charge < -0.3 is 21.3 Å². The highest BCUT2D eigenvalue weighted by Gasteiger charge is 2.34. The van der Waals surface area contributed by atoms with Gasteiger partial charge in [0.2, 0.25) is 23.6 Å². The molecule has 1 fully saturated rings. The first-order valence-corrected chi connectivity index (χ1v) is 24.1. The first-order chi connectivity index (χ1) is 29.6. The molecule has 0 radical (unpaired) electrons. The molecule has 10 heteroatoms. The van der Waals surface area contributed by atoms with E-state index in [0.29, 0.717) is 30.9 Å². The largest absolute Gasteiger partial charge is 0.352 e. The van der Waals surface area contributed by atoms with E-state index in [0.717, 1.165) is 47.7 Å². The van der Waals surface area contributed by atoms with Crippen molar-refractivity contribution in [2.75, 3.05) is 5.75 Å². The van der Waals surface area contributed by atoms with Crippen LogP contribution in [0.3, 0.4) is 0 Å². The van der Waals surface area contributed by atoms with Crippen molar-refractivity contribution in [3.63, 3.8) is 0 Å². The number of carbonyl (C=O) groups excluding carboxylic acids is 4. The summed E-state index contributed by atoms with van der Waals surface area (Å²) in [6.07, 6.45) is 18.9. The lowest BCUT2D eigenvalue weighted by atomic mass is 9.82. The number of rotatable bonds is 22. The van der Waals surface area contributed by atoms with Gasteiger partial charge in [-0.05, 0) is 77.8 Å². The molecule has 3 unspecified atom stereocenters. The van der Waals surface area contributed by atoms with Crippen molar-refractivity contribution < 1.29 is 19.2 Å². The first kappa shape index (κ1) is 52.0. The van der Waals surface area contributed by atoms with E-state index in [1.807, 2.05) is 58.0 Å². The van der Waals surface area contributed by atoms with Gasteiger partial charge in [-0.25, -0.2) is 0 Å². The number of terminal acetylenes is 1. The number of nitrogens with zero attached hydrogens (tertiary/aromatic N) is 1. The molecule has 9 nitrogen and oxygen atoms in total. The zero-order valence-electron chi connectivity index (χ0n) is 39.2. The number of thioether (sulfide) groups is 1. The lowest BCUT2D eigenvalue weighted by molar-refractivity contribution is -0.133. The average molecular weight is 868 g/mol. The van der Waals surface area contributed by atoms with Crippen molar-refractivity contribution in [2.24, 2.45) is 35.5 Å². The number of fused-ring (bicyclic) bond motifs is 1. The normalized spacial score (nSPS) is 16.2. The molecule has 1 heterocycles. The number of pyridine rings is 1. The summed E-state index contributed by atoms with van der Waals surface area (Å²) in [5, 5.41) is 15.1. The molecule has 1 saturated carbocycles. The third-order valence-corrected chi connectivity index (χ3v) is 13.7. The van der Waals surface area contributed by atoms with Crippen molar-refractivity contribution in [3.05, 3.63) is 78.1 Å². The highest BCUT2D eigenvalue weighted by molar-refractivity contribution is 8.00. The van der Waals surface area contributed by atoms with Crippen LogP contribution in [0.25, 0.3) is 10.8 Å². The lowest BCUT2D eigenvalue weighted by Gasteiger charge is -2.32. The van der Waals surface area contributed by atoms with E-state index < -0.39 is 12.1 Å². The minimum absolute atomic E-state index is 0.0230. The van der Waals surface area contributed by atoms with Crippen LogP contribution in [0.1, 0.15) is 131 Å². The van der Waals surface area contributed by atoms with Crippen molar-refractivity contribution in [2.45, 2.75) is 156 Å². The van der Waals surface area contributed by atoms with Crippen LogP contribution in [0.4, 0.5) is 0 Å². The monoisotopic (exact) mass is 868 g/mol. The van der Waals surface area contributed by atoms with Crippen molar-refractivity contribution in [1.82, 2.24) is 26.3 Å². The van der Waals surface area contributed by atoms with Crippen LogP contribution in [0.5, 0.6) is 0 Å². The Labute approximate surface area is 378 Å². The molecule has 0 aliphatic heterocycles. The van der Waals surface area contributed by atoms with E-state index in [1.165, 1.54) is 19.3 Å². The van der Waals surface area contributed by atoms with Crippen molar-refractivity contribution in [1.29, 1.82) is 0 Å². The van der Waals surface area contributed by atoms with E-state index in [2.05, 4.69) is 104 Å². The van der Waals surface area contributed by atoms with Gasteiger partial charge in [-0.15, -0.1) is 12.8 Å². The van der Waals surface area contributed by atoms with Gasteiger partial charge in [0, 0.05) is 28.7 Å². The molecule has 1 aliphatic carbocycles. The van der Waals surface area contributed by atoms with Gasteiger partial charge in [0.1, 0.15) is 12.1 Å². The SMILES string of the molecule is C#C.CC[C@@H](C)C(NC(=O)C(CCC(CC1CCCCC1)NC(=O)[C@@H](NC(=O)[C@@H](CSC(C)(C)C)Cc1cccc2ccccc12)C(C)C)C(C)C)C(=O)NCc1ccccn1. The summed E-state index contributed by atoms with van der Waals surface area (Å²) in [7, 11) is 0. The fourth-order valence-electron chi connectivity index (χ4n) is 8.39. The number of hydrogen-bond donors (Lipinski definition) is 4. The van der Waals surface area contributed by atoms with Gasteiger partial charge in [-0.1, -0.05) is 149 Å². The second-order valence-corrected chi connectivity index (χ2v) is 20.8. The Morgan fingerprint density at radius 2 is 1.42 bits per heavy atom.